The quantitative estimate of drug-likeness (QED) is 0.489. The molecule has 1 N–H and O–H groups in total. The molecule has 0 aromatic rings. The largest absolute Gasteiger partial charge is 0.480 e. The molecule has 0 heterocycles. The van der Waals surface area contributed by atoms with Crippen molar-refractivity contribution in [1.29, 1.82) is 0 Å². The van der Waals surface area contributed by atoms with E-state index in [-0.39, 0.29) is 5.91 Å². The lowest BCUT2D eigenvalue weighted by atomic mass is 10.1. The number of nitrogens with zero attached hydrogens (tertiary/aromatic N) is 1. The second kappa shape index (κ2) is 8.75. The average Bonchev–Trinajstić information content (AvgIpc) is 2.30. The van der Waals surface area contributed by atoms with Gasteiger partial charge in [-0.3, -0.25) is 4.79 Å². The highest BCUT2D eigenvalue weighted by molar-refractivity contribution is 5.83. The second-order valence-corrected chi connectivity index (χ2v) is 3.67. The molecule has 0 spiro atoms. The highest BCUT2D eigenvalue weighted by Crippen LogP contribution is 2.07. The van der Waals surface area contributed by atoms with Gasteiger partial charge in [0.15, 0.2) is 0 Å². The van der Waals surface area contributed by atoms with Crippen LogP contribution in [0, 0.1) is 0 Å². The van der Waals surface area contributed by atoms with Crippen LogP contribution in [0.25, 0.3) is 0 Å². The Labute approximate surface area is 102 Å². The molecular weight excluding hydrogens is 222 g/mol. The first-order valence-electron chi connectivity index (χ1n) is 5.71. The van der Waals surface area contributed by atoms with Crippen LogP contribution in [-0.2, 0) is 14.3 Å². The number of likely N-dealkylation sites (N-methyl/N-ethyl adjacent to an activating group) is 1. The molecule has 5 nitrogen and oxygen atoms in total. The van der Waals surface area contributed by atoms with Crippen molar-refractivity contribution in [1.82, 2.24) is 4.90 Å². The molecule has 0 saturated heterocycles. The summed E-state index contributed by atoms with van der Waals surface area (Å²) in [6.45, 7) is 6.25. The van der Waals surface area contributed by atoms with Gasteiger partial charge >= 0.3 is 5.97 Å². The SMILES string of the molecule is C=CCCC(=O)N(C)C(CCOCC)C(=O)O. The molecule has 0 radical (unpaired) electrons. The summed E-state index contributed by atoms with van der Waals surface area (Å²) in [5.74, 6) is -1.19. The van der Waals surface area contributed by atoms with Gasteiger partial charge in [0.2, 0.25) is 5.91 Å². The normalized spacial score (nSPS) is 11.9. The van der Waals surface area contributed by atoms with E-state index in [0.717, 1.165) is 0 Å². The Bertz CT molecular complexity index is 265. The van der Waals surface area contributed by atoms with Crippen molar-refractivity contribution >= 4 is 11.9 Å². The van der Waals surface area contributed by atoms with Crippen LogP contribution < -0.4 is 0 Å². The molecule has 0 saturated carbocycles. The lowest BCUT2D eigenvalue weighted by molar-refractivity contribution is -0.149. The minimum absolute atomic E-state index is 0.186. The maximum absolute atomic E-state index is 11.7. The molecule has 1 amide bonds. The summed E-state index contributed by atoms with van der Waals surface area (Å²) in [5.41, 5.74) is 0. The number of allylic oxidation sites excluding steroid dienone is 1. The van der Waals surface area contributed by atoms with Crippen LogP contribution in [-0.4, -0.2) is 48.2 Å². The van der Waals surface area contributed by atoms with Gasteiger partial charge in [0.25, 0.3) is 0 Å². The van der Waals surface area contributed by atoms with Crippen LogP contribution in [0.1, 0.15) is 26.2 Å². The minimum atomic E-state index is -1.00. The number of hydrogen-bond donors (Lipinski definition) is 1. The third kappa shape index (κ3) is 6.06. The maximum Gasteiger partial charge on any atom is 0.326 e. The molecule has 0 aromatic heterocycles. The smallest absolute Gasteiger partial charge is 0.326 e. The Morgan fingerprint density at radius 1 is 1.53 bits per heavy atom. The standard InChI is InChI=1S/C12H21NO4/c1-4-6-7-11(14)13(3)10(12(15)16)8-9-17-5-2/h4,10H,1,5-9H2,2-3H3,(H,15,16). The first kappa shape index (κ1) is 15.6. The van der Waals surface area contributed by atoms with Gasteiger partial charge in [-0.1, -0.05) is 6.08 Å². The van der Waals surface area contributed by atoms with Crippen LogP contribution in [0.3, 0.4) is 0 Å². The molecule has 0 aliphatic carbocycles. The van der Waals surface area contributed by atoms with Crippen LogP contribution >= 0.6 is 0 Å². The van der Waals surface area contributed by atoms with E-state index in [2.05, 4.69) is 6.58 Å². The fourth-order valence-corrected chi connectivity index (χ4v) is 1.40. The number of aliphatic carboxylic acids is 1. The van der Waals surface area contributed by atoms with Gasteiger partial charge in [-0.2, -0.15) is 0 Å². The van der Waals surface area contributed by atoms with E-state index < -0.39 is 12.0 Å². The number of carboxylic acids is 1. The van der Waals surface area contributed by atoms with Gasteiger partial charge in [-0.15, -0.1) is 6.58 Å². The van der Waals surface area contributed by atoms with Gasteiger partial charge in [0.05, 0.1) is 0 Å². The molecule has 0 aromatic carbocycles. The van der Waals surface area contributed by atoms with E-state index >= 15 is 0 Å². The molecule has 0 fully saturated rings. The molecular formula is C12H21NO4. The third-order valence-corrected chi connectivity index (χ3v) is 2.45. The zero-order valence-electron chi connectivity index (χ0n) is 10.5. The van der Waals surface area contributed by atoms with Crippen molar-refractivity contribution in [2.45, 2.75) is 32.2 Å². The van der Waals surface area contributed by atoms with Gasteiger partial charge in [-0.25, -0.2) is 4.79 Å². The highest BCUT2D eigenvalue weighted by Gasteiger charge is 2.25. The van der Waals surface area contributed by atoms with E-state index in [0.29, 0.717) is 32.5 Å². The predicted molar refractivity (Wildman–Crippen MR) is 64.7 cm³/mol. The summed E-state index contributed by atoms with van der Waals surface area (Å²) >= 11 is 0. The molecule has 1 unspecified atom stereocenters. The topological polar surface area (TPSA) is 66.8 Å². The van der Waals surface area contributed by atoms with E-state index in [9.17, 15) is 9.59 Å². The fraction of sp³-hybridized carbons (Fsp3) is 0.667. The van der Waals surface area contributed by atoms with Gasteiger partial charge < -0.3 is 14.7 Å². The number of carbonyl (C=O) groups is 2. The van der Waals surface area contributed by atoms with E-state index in [4.69, 9.17) is 9.84 Å². The summed E-state index contributed by atoms with van der Waals surface area (Å²) in [5, 5.41) is 9.05. The monoisotopic (exact) mass is 243 g/mol. The zero-order chi connectivity index (χ0) is 13.3. The van der Waals surface area contributed by atoms with Gasteiger partial charge in [0.1, 0.15) is 6.04 Å². The zero-order valence-corrected chi connectivity index (χ0v) is 10.5. The lowest BCUT2D eigenvalue weighted by Crippen LogP contribution is -2.43. The molecule has 17 heavy (non-hydrogen) atoms. The number of carbonyl (C=O) groups excluding carboxylic acids is 1. The van der Waals surface area contributed by atoms with Crippen LogP contribution in [0.15, 0.2) is 12.7 Å². The van der Waals surface area contributed by atoms with Crippen molar-refractivity contribution in [3.8, 4) is 0 Å². The van der Waals surface area contributed by atoms with Crippen LogP contribution in [0.5, 0.6) is 0 Å². The summed E-state index contributed by atoms with van der Waals surface area (Å²) in [6, 6.07) is -0.820. The summed E-state index contributed by atoms with van der Waals surface area (Å²) in [4.78, 5) is 24.0. The van der Waals surface area contributed by atoms with Crippen molar-refractivity contribution in [3.63, 3.8) is 0 Å². The molecule has 1 atom stereocenters. The first-order valence-corrected chi connectivity index (χ1v) is 5.71. The summed E-state index contributed by atoms with van der Waals surface area (Å²) < 4.78 is 5.11. The number of carboxylic acid groups (broad SMARTS) is 1. The van der Waals surface area contributed by atoms with E-state index in [1.54, 1.807) is 6.08 Å². The van der Waals surface area contributed by atoms with Crippen molar-refractivity contribution < 1.29 is 19.4 Å². The summed E-state index contributed by atoms with van der Waals surface area (Å²) in [6.07, 6.45) is 2.79. The van der Waals surface area contributed by atoms with Gasteiger partial charge in [0, 0.05) is 33.1 Å². The second-order valence-electron chi connectivity index (χ2n) is 3.67. The molecule has 0 bridgehead atoms. The average molecular weight is 243 g/mol. The van der Waals surface area contributed by atoms with Crippen molar-refractivity contribution in [3.05, 3.63) is 12.7 Å². The first-order chi connectivity index (χ1) is 8.04. The highest BCUT2D eigenvalue weighted by atomic mass is 16.5. The Morgan fingerprint density at radius 2 is 2.18 bits per heavy atom. The Balaban J connectivity index is 4.31. The van der Waals surface area contributed by atoms with Crippen LogP contribution in [0.2, 0.25) is 0 Å². The molecule has 98 valence electrons. The predicted octanol–water partition coefficient (Wildman–Crippen LogP) is 1.29. The number of amides is 1. The van der Waals surface area contributed by atoms with Crippen molar-refractivity contribution in [2.75, 3.05) is 20.3 Å². The molecule has 0 aliphatic heterocycles. The third-order valence-electron chi connectivity index (χ3n) is 2.45. The Morgan fingerprint density at radius 3 is 2.65 bits per heavy atom. The van der Waals surface area contributed by atoms with Crippen LogP contribution in [0.4, 0.5) is 0 Å². The minimum Gasteiger partial charge on any atom is -0.480 e. The number of hydrogen-bond acceptors (Lipinski definition) is 3. The molecule has 5 heteroatoms. The molecule has 0 aliphatic rings. The van der Waals surface area contributed by atoms with Crippen molar-refractivity contribution in [2.24, 2.45) is 0 Å². The van der Waals surface area contributed by atoms with E-state index in [1.807, 2.05) is 6.92 Å². The van der Waals surface area contributed by atoms with Gasteiger partial charge in [-0.05, 0) is 13.3 Å². The Kier molecular flexibility index (Phi) is 8.05. The number of ether oxygens (including phenoxy) is 1. The maximum atomic E-state index is 11.7. The lowest BCUT2D eigenvalue weighted by Gasteiger charge is -2.24. The fourth-order valence-electron chi connectivity index (χ4n) is 1.40. The summed E-state index contributed by atoms with van der Waals surface area (Å²) in [7, 11) is 1.51. The Hall–Kier alpha value is -1.36. The molecule has 0 rings (SSSR count). The number of rotatable bonds is 9. The van der Waals surface area contributed by atoms with E-state index in [1.165, 1.54) is 11.9 Å².